The minimum absolute atomic E-state index is 0.223. The molecule has 0 aromatic carbocycles. The maximum atomic E-state index is 11.7. The van der Waals surface area contributed by atoms with E-state index in [1.807, 2.05) is 23.5 Å². The highest BCUT2D eigenvalue weighted by atomic mass is 79.9. The van der Waals surface area contributed by atoms with Gasteiger partial charge < -0.3 is 0 Å². The van der Waals surface area contributed by atoms with Crippen molar-refractivity contribution in [3.63, 3.8) is 0 Å². The number of alkyl halides is 1. The molecule has 0 aromatic rings. The molecule has 0 N–H and O–H groups in total. The monoisotopic (exact) mass is 345 g/mol. The average Bonchev–Trinajstić information content (AvgIpc) is 2.69. The molecule has 3 nitrogen and oxygen atoms in total. The zero-order chi connectivity index (χ0) is 11.9. The number of hydrogen-bond donors (Lipinski definition) is 0. The maximum Gasteiger partial charge on any atom is 0.165 e. The summed E-state index contributed by atoms with van der Waals surface area (Å²) in [4.78, 5) is 2.39. The predicted octanol–water partition coefficient (Wildman–Crippen LogP) is 1.98. The van der Waals surface area contributed by atoms with E-state index in [-0.39, 0.29) is 14.7 Å². The minimum atomic E-state index is -2.89. The number of halogens is 1. The zero-order valence-corrected chi connectivity index (χ0v) is 13.3. The normalized spacial score (nSPS) is 41.5. The van der Waals surface area contributed by atoms with Crippen LogP contribution in [0.5, 0.6) is 0 Å². The van der Waals surface area contributed by atoms with E-state index >= 15 is 0 Å². The van der Waals surface area contributed by atoms with Crippen LogP contribution in [-0.4, -0.2) is 51.5 Å². The molecule has 0 aromatic heterocycles. The minimum Gasteiger partial charge on any atom is -0.284 e. The molecule has 2 rings (SSSR count). The Bertz CT molecular complexity index is 358. The topological polar surface area (TPSA) is 37.4 Å². The summed E-state index contributed by atoms with van der Waals surface area (Å²) in [6.07, 6.45) is 0. The van der Waals surface area contributed by atoms with Crippen LogP contribution in [0, 0.1) is 0 Å². The zero-order valence-electron chi connectivity index (χ0n) is 9.30. The smallest absolute Gasteiger partial charge is 0.165 e. The molecule has 0 bridgehead atoms. The van der Waals surface area contributed by atoms with Crippen molar-refractivity contribution < 1.29 is 8.42 Å². The van der Waals surface area contributed by atoms with Gasteiger partial charge in [-0.3, -0.25) is 4.90 Å². The maximum absolute atomic E-state index is 11.7. The molecule has 2 heterocycles. The summed E-state index contributed by atoms with van der Waals surface area (Å²) in [6.45, 7) is 6.36. The van der Waals surface area contributed by atoms with Crippen molar-refractivity contribution in [3.05, 3.63) is 0 Å². The third-order valence-corrected chi connectivity index (χ3v) is 11.5. The van der Waals surface area contributed by atoms with Crippen LogP contribution < -0.4 is 0 Å². The van der Waals surface area contributed by atoms with Crippen molar-refractivity contribution in [2.24, 2.45) is 0 Å². The summed E-state index contributed by atoms with van der Waals surface area (Å²) in [6, 6.07) is 0. The van der Waals surface area contributed by atoms with Crippen LogP contribution in [0.2, 0.25) is 0 Å². The Hall–Kier alpha value is 1.09. The molecule has 0 spiro atoms. The largest absolute Gasteiger partial charge is 0.284 e. The summed E-state index contributed by atoms with van der Waals surface area (Å²) < 4.78 is 23.5. The van der Waals surface area contributed by atoms with Gasteiger partial charge in [-0.05, 0) is 13.1 Å². The molecule has 0 aliphatic carbocycles. The van der Waals surface area contributed by atoms with Crippen LogP contribution in [0.1, 0.15) is 13.8 Å². The summed E-state index contributed by atoms with van der Waals surface area (Å²) in [5.41, 5.74) is 0. The molecular formula is C9H16BrNO2S3. The predicted molar refractivity (Wildman–Crippen MR) is 76.0 cm³/mol. The van der Waals surface area contributed by atoms with Crippen molar-refractivity contribution in [1.29, 1.82) is 0 Å². The lowest BCUT2D eigenvalue weighted by molar-refractivity contribution is 0.340. The van der Waals surface area contributed by atoms with Gasteiger partial charge in [-0.15, -0.1) is 23.5 Å². The number of fused-ring (bicyclic) bond motifs is 1. The van der Waals surface area contributed by atoms with E-state index in [9.17, 15) is 8.42 Å². The summed E-state index contributed by atoms with van der Waals surface area (Å²) >= 11 is 6.98. The van der Waals surface area contributed by atoms with Gasteiger partial charge in [0.25, 0.3) is 0 Å². The molecule has 2 aliphatic heterocycles. The van der Waals surface area contributed by atoms with Crippen molar-refractivity contribution in [1.82, 2.24) is 4.90 Å². The van der Waals surface area contributed by atoms with Gasteiger partial charge in [0, 0.05) is 10.5 Å². The van der Waals surface area contributed by atoms with Crippen LogP contribution in [0.3, 0.4) is 0 Å². The molecule has 2 saturated heterocycles. The van der Waals surface area contributed by atoms with E-state index in [1.54, 1.807) is 0 Å². The molecule has 16 heavy (non-hydrogen) atoms. The molecule has 2 aliphatic rings. The van der Waals surface area contributed by atoms with Crippen molar-refractivity contribution in [3.8, 4) is 0 Å². The summed E-state index contributed by atoms with van der Waals surface area (Å²) in [7, 11) is -2.89. The van der Waals surface area contributed by atoms with Gasteiger partial charge in [-0.1, -0.05) is 29.8 Å². The highest BCUT2D eigenvalue weighted by Gasteiger charge is 2.52. The first-order valence-corrected chi connectivity index (χ1v) is 9.92. The van der Waals surface area contributed by atoms with Crippen LogP contribution in [0.25, 0.3) is 0 Å². The SMILES string of the molecule is CCN(CC)[C@@H]1S[C@@H]2[C@@H](CS(=O)(=O)[C@H]2Br)S1. The van der Waals surface area contributed by atoms with E-state index in [4.69, 9.17) is 0 Å². The first-order chi connectivity index (χ1) is 7.49. The van der Waals surface area contributed by atoms with E-state index in [1.165, 1.54) is 0 Å². The average molecular weight is 346 g/mol. The second-order valence-corrected chi connectivity index (χ2v) is 10.6. The fraction of sp³-hybridized carbons (Fsp3) is 1.00. The molecule has 0 unspecified atom stereocenters. The van der Waals surface area contributed by atoms with Crippen molar-refractivity contribution in [2.45, 2.75) is 33.2 Å². The third-order valence-electron chi connectivity index (χ3n) is 3.04. The lowest BCUT2D eigenvalue weighted by Crippen LogP contribution is -2.30. The van der Waals surface area contributed by atoms with E-state index in [0.29, 0.717) is 10.5 Å². The van der Waals surface area contributed by atoms with Gasteiger partial charge in [0.05, 0.1) is 5.75 Å². The summed E-state index contributed by atoms with van der Waals surface area (Å²) in [5, 5.41) is 0.491. The first-order valence-electron chi connectivity index (χ1n) is 5.40. The standard InChI is InChI=1S/C9H16BrNO2S3/c1-3-11(4-2)9-14-6-5-16(12,13)8(10)7(6)15-9/h6-9H,3-5H2,1-2H3/t6-,7-,8-,9+/m1/s1. The highest BCUT2D eigenvalue weighted by Crippen LogP contribution is 2.52. The number of nitrogens with zero attached hydrogens (tertiary/aromatic N) is 1. The van der Waals surface area contributed by atoms with Gasteiger partial charge in [0.1, 0.15) is 8.87 Å². The van der Waals surface area contributed by atoms with Crippen LogP contribution >= 0.6 is 39.5 Å². The Balaban J connectivity index is 2.07. The number of rotatable bonds is 3. The van der Waals surface area contributed by atoms with Crippen molar-refractivity contribution in [2.75, 3.05) is 18.8 Å². The van der Waals surface area contributed by atoms with Gasteiger partial charge >= 0.3 is 0 Å². The fourth-order valence-corrected chi connectivity index (χ4v) is 10.4. The number of sulfone groups is 1. The van der Waals surface area contributed by atoms with Gasteiger partial charge in [0.2, 0.25) is 0 Å². The van der Waals surface area contributed by atoms with Crippen molar-refractivity contribution >= 4 is 49.3 Å². The molecule has 0 saturated carbocycles. The quantitative estimate of drug-likeness (QED) is 0.731. The molecule has 0 amide bonds. The Morgan fingerprint density at radius 3 is 2.44 bits per heavy atom. The second kappa shape index (κ2) is 4.99. The van der Waals surface area contributed by atoms with Crippen LogP contribution in [0.15, 0.2) is 0 Å². The first kappa shape index (κ1) is 13.5. The molecule has 0 radical (unpaired) electrons. The van der Waals surface area contributed by atoms with E-state index < -0.39 is 9.84 Å². The van der Waals surface area contributed by atoms with E-state index in [0.717, 1.165) is 13.1 Å². The number of hydrogen-bond acceptors (Lipinski definition) is 5. The van der Waals surface area contributed by atoms with Crippen LogP contribution in [-0.2, 0) is 9.84 Å². The van der Waals surface area contributed by atoms with Gasteiger partial charge in [-0.2, -0.15) is 0 Å². The molecule has 2 fully saturated rings. The fourth-order valence-electron chi connectivity index (χ4n) is 2.06. The Kier molecular flexibility index (Phi) is 4.22. The molecule has 94 valence electrons. The lowest BCUT2D eigenvalue weighted by atomic mass is 10.4. The molecule has 7 heteroatoms. The van der Waals surface area contributed by atoms with Gasteiger partial charge in [0.15, 0.2) is 9.84 Å². The summed E-state index contributed by atoms with van der Waals surface area (Å²) in [5.74, 6) is 0.336. The van der Waals surface area contributed by atoms with E-state index in [2.05, 4.69) is 34.7 Å². The van der Waals surface area contributed by atoms with Crippen LogP contribution in [0.4, 0.5) is 0 Å². The highest BCUT2D eigenvalue weighted by molar-refractivity contribution is 9.11. The molecular weight excluding hydrogens is 330 g/mol. The number of thioether (sulfide) groups is 2. The van der Waals surface area contributed by atoms with Gasteiger partial charge in [-0.25, -0.2) is 8.42 Å². The Morgan fingerprint density at radius 2 is 1.94 bits per heavy atom. The lowest BCUT2D eigenvalue weighted by Gasteiger charge is -2.25. The second-order valence-electron chi connectivity index (χ2n) is 3.98. The Labute approximate surface area is 114 Å². The third kappa shape index (κ3) is 2.30. The Morgan fingerprint density at radius 1 is 1.31 bits per heavy atom. The molecule has 4 atom stereocenters.